The summed E-state index contributed by atoms with van der Waals surface area (Å²) in [6.07, 6.45) is 36.3. The monoisotopic (exact) mass is 826 g/mol. The lowest BCUT2D eigenvalue weighted by atomic mass is 9.96. The lowest BCUT2D eigenvalue weighted by molar-refractivity contribution is 0.441. The van der Waals surface area contributed by atoms with Gasteiger partial charge in [-0.3, -0.25) is 0 Å². The molecule has 0 fully saturated rings. The first-order valence-corrected chi connectivity index (χ1v) is 22.4. The molecule has 61 heavy (non-hydrogen) atoms. The van der Waals surface area contributed by atoms with Crippen LogP contribution in [-0.4, -0.2) is 49.8 Å². The van der Waals surface area contributed by atoms with Crippen LogP contribution in [0, 0.1) is 24.2 Å². The van der Waals surface area contributed by atoms with Crippen LogP contribution in [0.5, 0.6) is 0 Å². The van der Waals surface area contributed by atoms with Crippen LogP contribution in [0.3, 0.4) is 0 Å². The maximum absolute atomic E-state index is 8.77. The smallest absolute Gasteiger partial charge is 0.137 e. The number of hydrogen-bond acceptors (Lipinski definition) is 6. The molecule has 2 atom stereocenters. The van der Waals surface area contributed by atoms with Crippen LogP contribution in [0.4, 0.5) is 0 Å². The molecule has 0 aliphatic rings. The summed E-state index contributed by atoms with van der Waals surface area (Å²) in [6.45, 7) is 10.6. The van der Waals surface area contributed by atoms with E-state index in [0.717, 1.165) is 64.7 Å². The highest BCUT2D eigenvalue weighted by molar-refractivity contribution is 5.55. The van der Waals surface area contributed by atoms with Gasteiger partial charge in [-0.1, -0.05) is 158 Å². The molecule has 0 aliphatic heterocycles. The molecule has 0 spiro atoms. The second-order valence-corrected chi connectivity index (χ2v) is 15.2. The Morgan fingerprint density at radius 3 is 1.61 bits per heavy atom. The summed E-state index contributed by atoms with van der Waals surface area (Å²) in [5.41, 5.74) is 3.02. The highest BCUT2D eigenvalue weighted by Gasteiger charge is 2.09. The zero-order valence-corrected chi connectivity index (χ0v) is 37.4. The van der Waals surface area contributed by atoms with Crippen molar-refractivity contribution in [2.45, 2.75) is 137 Å². The average molecular weight is 826 g/mol. The molecule has 0 bridgehead atoms. The first-order valence-electron chi connectivity index (χ1n) is 22.4. The maximum atomic E-state index is 8.77. The van der Waals surface area contributed by atoms with E-state index in [1.54, 1.807) is 24.8 Å². The van der Waals surface area contributed by atoms with Gasteiger partial charge in [-0.2, -0.15) is 5.26 Å². The number of hydrogen-bond donors (Lipinski definition) is 5. The fourth-order valence-corrected chi connectivity index (χ4v) is 6.40. The van der Waals surface area contributed by atoms with Crippen LogP contribution in [0.1, 0.15) is 140 Å². The van der Waals surface area contributed by atoms with Gasteiger partial charge < -0.3 is 24.9 Å². The van der Waals surface area contributed by atoms with E-state index in [9.17, 15) is 0 Å². The summed E-state index contributed by atoms with van der Waals surface area (Å²) in [5, 5.41) is 8.77. The normalized spacial score (nSPS) is 11.2. The van der Waals surface area contributed by atoms with Gasteiger partial charge in [0.1, 0.15) is 29.1 Å². The summed E-state index contributed by atoms with van der Waals surface area (Å²) in [4.78, 5) is 36.1. The van der Waals surface area contributed by atoms with E-state index in [-0.39, 0.29) is 5.92 Å². The van der Waals surface area contributed by atoms with Gasteiger partial charge in [-0.25, -0.2) is 24.9 Å². The Labute approximate surface area is 365 Å². The molecular formula is C50H71N11. The van der Waals surface area contributed by atoms with Gasteiger partial charge >= 0.3 is 0 Å². The Hall–Kier alpha value is -6.02. The molecule has 11 nitrogen and oxygen atoms in total. The number of unbranched alkanes of at least 4 members (excludes halogenated alkanes) is 9. The number of nitriles is 1. The van der Waals surface area contributed by atoms with E-state index in [1.165, 1.54) is 83.5 Å². The van der Waals surface area contributed by atoms with Crippen molar-refractivity contribution in [3.05, 3.63) is 140 Å². The van der Waals surface area contributed by atoms with Crippen molar-refractivity contribution in [2.75, 3.05) is 0 Å². The maximum Gasteiger partial charge on any atom is 0.137 e. The van der Waals surface area contributed by atoms with E-state index in [4.69, 9.17) is 5.26 Å². The molecule has 7 aromatic rings. The van der Waals surface area contributed by atoms with Crippen molar-refractivity contribution < 1.29 is 0 Å². The third-order valence-electron chi connectivity index (χ3n) is 10.1. The highest BCUT2D eigenvalue weighted by Crippen LogP contribution is 2.19. The predicted octanol–water partition coefficient (Wildman–Crippen LogP) is 13.2. The molecule has 0 amide bonds. The number of aryl methyl sites for hydroxylation is 2. The molecule has 2 aromatic carbocycles. The molecule has 5 aromatic heterocycles. The molecule has 11 heteroatoms. The zero-order valence-electron chi connectivity index (χ0n) is 37.4. The second kappa shape index (κ2) is 31.8. The molecule has 7 rings (SSSR count). The zero-order chi connectivity index (χ0) is 43.6. The number of nitrogens with one attached hydrogen (secondary N) is 5. The fourth-order valence-electron chi connectivity index (χ4n) is 6.40. The van der Waals surface area contributed by atoms with Gasteiger partial charge in [0, 0.05) is 79.7 Å². The van der Waals surface area contributed by atoms with Gasteiger partial charge in [0.25, 0.3) is 0 Å². The number of imidazole rings is 5. The molecule has 5 heterocycles. The van der Waals surface area contributed by atoms with Crippen molar-refractivity contribution >= 4 is 0 Å². The highest BCUT2D eigenvalue weighted by atomic mass is 14.9. The van der Waals surface area contributed by atoms with Crippen molar-refractivity contribution in [3.63, 3.8) is 0 Å². The van der Waals surface area contributed by atoms with Gasteiger partial charge in [-0.15, -0.1) is 0 Å². The number of aromatic nitrogens is 10. The molecule has 0 saturated heterocycles. The standard InChI is InChI=1S/C14H26N2.C12H11N3.C11H20N2.C9H8N2.C4H6N2/c1-2-3-4-5-6-7-8-9-10-11-14-15-12-13-16-14;1-9(7-13)11-8-14-12(15-11)10-5-3-2-4-6-10;1-3-5-6-10(4-2)9-11-12-7-8-13-11;1-2-4-8(5-3-1)9-10-6-7-11-9;1-4-5-2-3-6-4/h12-13H,2-11H2,1H3,(H,15,16);2-6,8-9H,1H3,(H,14,15);7-8,10H,3-6,9H2,1-2H3,(H,12,13);1-7H,(H,10,11);2-3H,1H3,(H,5,6). The second-order valence-electron chi connectivity index (χ2n) is 15.2. The SMILES string of the molecule is CC(C#N)c1cnc(-c2ccccc2)[nH]1.CCCCC(CC)Cc1ncc[nH]1.CCCCCCCCCCCc1ncc[nH]1.Cc1ncc[nH]1.c1ccc(-c2ncc[nH]2)cc1. The topological polar surface area (TPSA) is 167 Å². The number of H-pyrrole nitrogens is 5. The summed E-state index contributed by atoms with van der Waals surface area (Å²) in [6, 6.07) is 22.1. The van der Waals surface area contributed by atoms with Crippen molar-refractivity contribution in [1.29, 1.82) is 5.26 Å². The van der Waals surface area contributed by atoms with Crippen LogP contribution in [0.2, 0.25) is 0 Å². The first-order chi connectivity index (χ1) is 30.0. The van der Waals surface area contributed by atoms with Crippen LogP contribution in [0.15, 0.2) is 116 Å². The number of aromatic amines is 5. The molecular weight excluding hydrogens is 755 g/mol. The number of benzene rings is 2. The Kier molecular flexibility index (Phi) is 25.8. The quantitative estimate of drug-likeness (QED) is 0.0509. The van der Waals surface area contributed by atoms with E-state index >= 15 is 0 Å². The fraction of sp³-hybridized carbons (Fsp3) is 0.440. The number of nitrogens with zero attached hydrogens (tertiary/aromatic N) is 6. The first kappa shape index (κ1) is 49.3. The largest absolute Gasteiger partial charge is 0.349 e. The summed E-state index contributed by atoms with van der Waals surface area (Å²) < 4.78 is 0. The Balaban J connectivity index is 0.000000208. The third-order valence-corrected chi connectivity index (χ3v) is 10.1. The van der Waals surface area contributed by atoms with E-state index < -0.39 is 0 Å². The minimum atomic E-state index is -0.144. The Bertz CT molecular complexity index is 1990. The lowest BCUT2D eigenvalue weighted by Gasteiger charge is -2.11. The minimum absolute atomic E-state index is 0.144. The van der Waals surface area contributed by atoms with Crippen LogP contribution in [0.25, 0.3) is 22.8 Å². The van der Waals surface area contributed by atoms with Crippen LogP contribution in [-0.2, 0) is 12.8 Å². The third kappa shape index (κ3) is 21.7. The van der Waals surface area contributed by atoms with E-state index in [0.29, 0.717) is 0 Å². The van der Waals surface area contributed by atoms with Gasteiger partial charge in [0.2, 0.25) is 0 Å². The summed E-state index contributed by atoms with van der Waals surface area (Å²) >= 11 is 0. The van der Waals surface area contributed by atoms with E-state index in [1.807, 2.05) is 105 Å². The summed E-state index contributed by atoms with van der Waals surface area (Å²) in [7, 11) is 0. The van der Waals surface area contributed by atoms with Crippen molar-refractivity contribution in [2.24, 2.45) is 5.92 Å². The predicted molar refractivity (Wildman–Crippen MR) is 251 cm³/mol. The van der Waals surface area contributed by atoms with Crippen LogP contribution >= 0.6 is 0 Å². The average Bonchev–Trinajstić information content (AvgIpc) is 4.17. The van der Waals surface area contributed by atoms with Crippen molar-refractivity contribution in [1.82, 2.24) is 49.8 Å². The van der Waals surface area contributed by atoms with Crippen molar-refractivity contribution in [3.8, 4) is 28.8 Å². The lowest BCUT2D eigenvalue weighted by Crippen LogP contribution is -2.04. The van der Waals surface area contributed by atoms with Gasteiger partial charge in [0.05, 0.1) is 17.7 Å². The molecule has 2 unspecified atom stereocenters. The van der Waals surface area contributed by atoms with Gasteiger partial charge in [-0.05, 0) is 26.2 Å². The van der Waals surface area contributed by atoms with Gasteiger partial charge in [0.15, 0.2) is 0 Å². The Morgan fingerprint density at radius 1 is 0.574 bits per heavy atom. The summed E-state index contributed by atoms with van der Waals surface area (Å²) in [5.74, 6) is 5.65. The molecule has 5 N–H and O–H groups in total. The number of rotatable bonds is 19. The molecule has 0 aliphatic carbocycles. The van der Waals surface area contributed by atoms with Crippen LogP contribution < -0.4 is 0 Å². The molecule has 326 valence electrons. The Morgan fingerprint density at radius 2 is 1.11 bits per heavy atom. The molecule has 0 radical (unpaired) electrons. The molecule has 0 saturated carbocycles. The van der Waals surface area contributed by atoms with E-state index in [2.05, 4.69) is 76.7 Å². The minimum Gasteiger partial charge on any atom is -0.349 e.